The molecule has 5 nitrogen and oxygen atoms in total. The van der Waals surface area contributed by atoms with Gasteiger partial charge in [-0.15, -0.1) is 0 Å². The predicted octanol–water partition coefficient (Wildman–Crippen LogP) is 5.28. The predicted molar refractivity (Wildman–Crippen MR) is 128 cm³/mol. The Kier molecular flexibility index (Phi) is 7.55. The Morgan fingerprint density at radius 1 is 1.11 bits per heavy atom. The Morgan fingerprint density at radius 3 is 2.42 bits per heavy atom. The van der Waals surface area contributed by atoms with Gasteiger partial charge in [0.15, 0.2) is 0 Å². The summed E-state index contributed by atoms with van der Waals surface area (Å²) in [4.78, 5) is 14.8. The molecule has 2 aliphatic rings. The van der Waals surface area contributed by atoms with Gasteiger partial charge in [-0.25, -0.2) is 4.39 Å². The number of nitrogens with one attached hydrogen (secondary N) is 1. The van der Waals surface area contributed by atoms with Crippen LogP contribution in [0.4, 0.5) is 17.6 Å². The number of carbonyl (C=O) groups is 1. The van der Waals surface area contributed by atoms with Crippen LogP contribution in [0.25, 0.3) is 0 Å². The molecule has 2 aromatic carbocycles. The summed E-state index contributed by atoms with van der Waals surface area (Å²) in [6, 6.07) is 9.82. The summed E-state index contributed by atoms with van der Waals surface area (Å²) in [5.41, 5.74) is -3.05. The van der Waals surface area contributed by atoms with E-state index >= 15 is 0 Å². The third-order valence-corrected chi connectivity index (χ3v) is 8.09. The SMILES string of the molecule is COc1cc(F)ccc1C1CNCCC12CCN(C(=O)C(OC)(c1ccccc1Cl)C(F)(F)F)CC2. The van der Waals surface area contributed by atoms with Crippen LogP contribution in [-0.4, -0.2) is 57.4 Å². The molecule has 2 aliphatic heterocycles. The maximum absolute atomic E-state index is 14.5. The lowest BCUT2D eigenvalue weighted by Crippen LogP contribution is -2.60. The van der Waals surface area contributed by atoms with Gasteiger partial charge in [-0.1, -0.05) is 35.9 Å². The second-order valence-corrected chi connectivity index (χ2v) is 9.82. The van der Waals surface area contributed by atoms with Crippen LogP contribution in [0.1, 0.15) is 36.3 Å². The van der Waals surface area contributed by atoms with Gasteiger partial charge < -0.3 is 19.7 Å². The summed E-state index contributed by atoms with van der Waals surface area (Å²) < 4.78 is 67.8. The fourth-order valence-corrected chi connectivity index (χ4v) is 6.08. The first-order valence-corrected chi connectivity index (χ1v) is 12.2. The minimum absolute atomic E-state index is 0.0441. The lowest BCUT2D eigenvalue weighted by Gasteiger charge is -2.51. The average molecular weight is 529 g/mol. The molecule has 2 unspecified atom stereocenters. The molecule has 1 spiro atoms. The number of hydrogen-bond donors (Lipinski definition) is 1. The summed E-state index contributed by atoms with van der Waals surface area (Å²) in [5.74, 6) is -1.19. The zero-order valence-electron chi connectivity index (χ0n) is 20.1. The number of methoxy groups -OCH3 is 2. The van der Waals surface area contributed by atoms with Gasteiger partial charge >= 0.3 is 6.18 Å². The van der Waals surface area contributed by atoms with Gasteiger partial charge in [0.25, 0.3) is 11.5 Å². The molecule has 2 heterocycles. The van der Waals surface area contributed by atoms with Crippen LogP contribution < -0.4 is 10.1 Å². The summed E-state index contributed by atoms with van der Waals surface area (Å²) in [6.07, 6.45) is -3.27. The van der Waals surface area contributed by atoms with Crippen molar-refractivity contribution in [3.63, 3.8) is 0 Å². The van der Waals surface area contributed by atoms with Crippen molar-refractivity contribution < 1.29 is 31.8 Å². The van der Waals surface area contributed by atoms with Crippen LogP contribution >= 0.6 is 11.6 Å². The molecule has 0 aliphatic carbocycles. The Bertz CT molecular complexity index is 1100. The molecular weight excluding hydrogens is 500 g/mol. The molecule has 36 heavy (non-hydrogen) atoms. The quantitative estimate of drug-likeness (QED) is 0.537. The van der Waals surface area contributed by atoms with E-state index in [1.807, 2.05) is 0 Å². The van der Waals surface area contributed by atoms with Crippen molar-refractivity contribution in [3.05, 3.63) is 64.4 Å². The summed E-state index contributed by atoms with van der Waals surface area (Å²) in [6.45, 7) is 1.63. The summed E-state index contributed by atoms with van der Waals surface area (Å²) >= 11 is 6.12. The highest BCUT2D eigenvalue weighted by atomic mass is 35.5. The lowest BCUT2D eigenvalue weighted by atomic mass is 9.62. The molecule has 2 atom stereocenters. The average Bonchev–Trinajstić information content (AvgIpc) is 2.86. The minimum atomic E-state index is -5.03. The van der Waals surface area contributed by atoms with Gasteiger partial charge in [0.2, 0.25) is 0 Å². The van der Waals surface area contributed by atoms with Crippen LogP contribution in [0.3, 0.4) is 0 Å². The van der Waals surface area contributed by atoms with Crippen LogP contribution in [0.2, 0.25) is 5.02 Å². The number of benzene rings is 2. The number of carbonyl (C=O) groups excluding carboxylic acids is 1. The zero-order chi connectivity index (χ0) is 26.1. The van der Waals surface area contributed by atoms with E-state index in [-0.39, 0.29) is 29.4 Å². The first kappa shape index (κ1) is 26.7. The normalized spacial score (nSPS) is 21.8. The molecule has 1 amide bonds. The number of hydrogen-bond acceptors (Lipinski definition) is 4. The van der Waals surface area contributed by atoms with Crippen LogP contribution in [0.5, 0.6) is 5.75 Å². The van der Waals surface area contributed by atoms with Gasteiger partial charge in [-0.2, -0.15) is 13.2 Å². The third kappa shape index (κ3) is 4.46. The second kappa shape index (κ2) is 10.2. The molecule has 196 valence electrons. The Morgan fingerprint density at radius 2 is 1.81 bits per heavy atom. The molecule has 2 saturated heterocycles. The van der Waals surface area contributed by atoms with Gasteiger partial charge in [-0.05, 0) is 48.9 Å². The molecule has 2 aromatic rings. The highest BCUT2D eigenvalue weighted by Gasteiger charge is 2.65. The topological polar surface area (TPSA) is 50.8 Å². The molecule has 0 aromatic heterocycles. The van der Waals surface area contributed by atoms with E-state index in [0.717, 1.165) is 25.6 Å². The first-order chi connectivity index (χ1) is 17.1. The van der Waals surface area contributed by atoms with E-state index in [4.69, 9.17) is 21.1 Å². The number of halogens is 5. The van der Waals surface area contributed by atoms with Crippen molar-refractivity contribution in [2.24, 2.45) is 5.41 Å². The largest absolute Gasteiger partial charge is 0.496 e. The van der Waals surface area contributed by atoms with Crippen LogP contribution in [-0.2, 0) is 15.1 Å². The summed E-state index contributed by atoms with van der Waals surface area (Å²) in [5, 5.41) is 3.18. The van der Waals surface area contributed by atoms with Crippen molar-refractivity contribution >= 4 is 17.5 Å². The number of alkyl halides is 3. The van der Waals surface area contributed by atoms with Gasteiger partial charge in [0, 0.05) is 49.3 Å². The van der Waals surface area contributed by atoms with Gasteiger partial charge in [-0.3, -0.25) is 4.79 Å². The van der Waals surface area contributed by atoms with Crippen LogP contribution in [0.15, 0.2) is 42.5 Å². The van der Waals surface area contributed by atoms with E-state index in [0.29, 0.717) is 25.1 Å². The second-order valence-electron chi connectivity index (χ2n) is 9.41. The van der Waals surface area contributed by atoms with E-state index in [2.05, 4.69) is 5.32 Å². The third-order valence-electron chi connectivity index (χ3n) is 7.76. The monoisotopic (exact) mass is 528 g/mol. The number of piperidine rings is 2. The van der Waals surface area contributed by atoms with Crippen molar-refractivity contribution in [2.75, 3.05) is 40.4 Å². The van der Waals surface area contributed by atoms with Crippen molar-refractivity contribution in [1.82, 2.24) is 10.2 Å². The minimum Gasteiger partial charge on any atom is -0.496 e. The zero-order valence-corrected chi connectivity index (χ0v) is 20.9. The lowest BCUT2D eigenvalue weighted by molar-refractivity contribution is -0.271. The van der Waals surface area contributed by atoms with Gasteiger partial charge in [0.1, 0.15) is 11.6 Å². The van der Waals surface area contributed by atoms with Crippen molar-refractivity contribution in [1.29, 1.82) is 0 Å². The molecular formula is C26H29ClF4N2O3. The van der Waals surface area contributed by atoms with Crippen molar-refractivity contribution in [2.45, 2.75) is 37.0 Å². The number of likely N-dealkylation sites (tertiary alicyclic amines) is 1. The molecule has 10 heteroatoms. The highest BCUT2D eigenvalue weighted by Crippen LogP contribution is 2.52. The fourth-order valence-electron chi connectivity index (χ4n) is 5.81. The molecule has 4 rings (SSSR count). The van der Waals surface area contributed by atoms with Crippen LogP contribution in [0, 0.1) is 11.2 Å². The Labute approximate surface area is 212 Å². The smallest absolute Gasteiger partial charge is 0.431 e. The molecule has 0 saturated carbocycles. The van der Waals surface area contributed by atoms with E-state index < -0.39 is 29.1 Å². The maximum Gasteiger partial charge on any atom is 0.431 e. The highest BCUT2D eigenvalue weighted by molar-refractivity contribution is 6.31. The number of ether oxygens (including phenoxy) is 2. The Hall–Kier alpha value is -2.36. The van der Waals surface area contributed by atoms with Crippen molar-refractivity contribution in [3.8, 4) is 5.75 Å². The molecule has 0 radical (unpaired) electrons. The van der Waals surface area contributed by atoms with Gasteiger partial charge in [0.05, 0.1) is 7.11 Å². The Balaban J connectivity index is 1.64. The molecule has 1 N–H and O–H groups in total. The number of nitrogens with zero attached hydrogens (tertiary/aromatic N) is 1. The standard InChI is InChI=1S/C26H29ClF4N2O3/c1-35-22-15-17(28)7-8-18(22)20-16-32-12-9-24(20)10-13-33(14-11-24)23(34)25(36-2,26(29,30)31)19-5-3-4-6-21(19)27/h3-8,15,20,32H,9-14,16H2,1-2H3. The first-order valence-electron chi connectivity index (χ1n) is 11.8. The van der Waals surface area contributed by atoms with E-state index in [1.165, 1.54) is 48.4 Å². The summed E-state index contributed by atoms with van der Waals surface area (Å²) in [7, 11) is 2.36. The molecule has 0 bridgehead atoms. The van der Waals surface area contributed by atoms with E-state index in [1.54, 1.807) is 6.07 Å². The maximum atomic E-state index is 14.5. The number of amides is 1. The number of rotatable bonds is 5. The molecule has 2 fully saturated rings. The van der Waals surface area contributed by atoms with E-state index in [9.17, 15) is 22.4 Å². The fraction of sp³-hybridized carbons (Fsp3) is 0.500.